The van der Waals surface area contributed by atoms with Crippen molar-refractivity contribution in [2.24, 2.45) is 0 Å². The number of nitrogens with zero attached hydrogens (tertiary/aromatic N) is 1. The molecule has 1 aliphatic heterocycles. The van der Waals surface area contributed by atoms with E-state index in [-0.39, 0.29) is 17.5 Å². The second-order valence-electron chi connectivity index (χ2n) is 7.53. The van der Waals surface area contributed by atoms with Gasteiger partial charge >= 0.3 is 0 Å². The molecule has 0 amide bonds. The monoisotopic (exact) mass is 441 g/mol. The molecule has 31 heavy (non-hydrogen) atoms. The van der Waals surface area contributed by atoms with Gasteiger partial charge in [0.15, 0.2) is 5.11 Å². The molecule has 4 rings (SSSR count). The SMILES string of the molecule is COc1ccc2[nH]c(=O)c(CN(CC3CCCO3)C(=S)Nc3ccc(F)cc3)cc2c1. The van der Waals surface area contributed by atoms with Crippen LogP contribution in [0.3, 0.4) is 0 Å². The number of H-pyrrole nitrogens is 1. The van der Waals surface area contributed by atoms with Crippen molar-refractivity contribution >= 4 is 33.9 Å². The van der Waals surface area contributed by atoms with Gasteiger partial charge in [-0.3, -0.25) is 4.79 Å². The van der Waals surface area contributed by atoms with E-state index in [1.807, 2.05) is 29.2 Å². The molecule has 3 aromatic rings. The van der Waals surface area contributed by atoms with Crippen molar-refractivity contribution in [3.05, 3.63) is 70.3 Å². The second kappa shape index (κ2) is 9.45. The first kappa shape index (κ1) is 21.3. The summed E-state index contributed by atoms with van der Waals surface area (Å²) in [6, 6.07) is 13.4. The molecule has 2 heterocycles. The highest BCUT2D eigenvalue weighted by Crippen LogP contribution is 2.21. The van der Waals surface area contributed by atoms with E-state index in [2.05, 4.69) is 10.3 Å². The topological polar surface area (TPSA) is 66.6 Å². The van der Waals surface area contributed by atoms with E-state index < -0.39 is 0 Å². The van der Waals surface area contributed by atoms with Crippen LogP contribution in [0.1, 0.15) is 18.4 Å². The molecule has 1 unspecified atom stereocenters. The Kier molecular flexibility index (Phi) is 6.48. The minimum absolute atomic E-state index is 0.0487. The number of fused-ring (bicyclic) bond motifs is 1. The number of anilines is 1. The van der Waals surface area contributed by atoms with Crippen molar-refractivity contribution in [3.63, 3.8) is 0 Å². The van der Waals surface area contributed by atoms with Crippen LogP contribution in [0.2, 0.25) is 0 Å². The van der Waals surface area contributed by atoms with Gasteiger partial charge in [-0.2, -0.15) is 0 Å². The third-order valence-electron chi connectivity index (χ3n) is 5.32. The van der Waals surface area contributed by atoms with Gasteiger partial charge in [-0.05, 0) is 73.6 Å². The lowest BCUT2D eigenvalue weighted by molar-refractivity contribution is 0.0904. The molecule has 1 saturated heterocycles. The zero-order valence-electron chi connectivity index (χ0n) is 17.2. The molecule has 0 aliphatic carbocycles. The number of nitrogens with one attached hydrogen (secondary N) is 2. The number of methoxy groups -OCH3 is 1. The quantitative estimate of drug-likeness (QED) is 0.563. The van der Waals surface area contributed by atoms with Crippen LogP contribution in [0.25, 0.3) is 10.9 Å². The van der Waals surface area contributed by atoms with Crippen LogP contribution < -0.4 is 15.6 Å². The van der Waals surface area contributed by atoms with Crippen LogP contribution in [0, 0.1) is 5.82 Å². The number of hydrogen-bond donors (Lipinski definition) is 2. The number of thiocarbonyl (C=S) groups is 1. The Balaban J connectivity index is 1.60. The fourth-order valence-electron chi connectivity index (χ4n) is 3.67. The average Bonchev–Trinajstić information content (AvgIpc) is 3.28. The predicted molar refractivity (Wildman–Crippen MR) is 123 cm³/mol. The zero-order valence-corrected chi connectivity index (χ0v) is 18.0. The summed E-state index contributed by atoms with van der Waals surface area (Å²) < 4.78 is 24.3. The summed E-state index contributed by atoms with van der Waals surface area (Å²) in [6.45, 7) is 1.60. The number of aromatic nitrogens is 1. The third-order valence-corrected chi connectivity index (χ3v) is 5.68. The maximum atomic E-state index is 13.2. The lowest BCUT2D eigenvalue weighted by atomic mass is 10.1. The molecule has 0 bridgehead atoms. The van der Waals surface area contributed by atoms with E-state index in [1.54, 1.807) is 19.2 Å². The van der Waals surface area contributed by atoms with Crippen LogP contribution in [0.15, 0.2) is 53.3 Å². The Hall–Kier alpha value is -2.97. The molecule has 1 aliphatic rings. The first-order valence-corrected chi connectivity index (χ1v) is 10.6. The number of halogens is 1. The number of rotatable bonds is 6. The molecular formula is C23H24FN3O3S. The van der Waals surface area contributed by atoms with Crippen LogP contribution >= 0.6 is 12.2 Å². The Labute approximate surface area is 185 Å². The van der Waals surface area contributed by atoms with Gasteiger partial charge in [-0.15, -0.1) is 0 Å². The van der Waals surface area contributed by atoms with Crippen molar-refractivity contribution in [1.29, 1.82) is 0 Å². The Morgan fingerprint density at radius 1 is 1.29 bits per heavy atom. The predicted octanol–water partition coefficient (Wildman–Crippen LogP) is 4.05. The number of pyridine rings is 1. The van der Waals surface area contributed by atoms with Crippen LogP contribution in [-0.2, 0) is 11.3 Å². The smallest absolute Gasteiger partial charge is 0.253 e. The van der Waals surface area contributed by atoms with E-state index in [0.29, 0.717) is 29.5 Å². The standard InChI is InChI=1S/C23H24FN3O3S/c1-29-19-8-9-21-15(12-19)11-16(22(28)26-21)13-27(14-20-3-2-10-30-20)23(31)25-18-6-4-17(24)5-7-18/h4-9,11-12,20H,2-3,10,13-14H2,1H3,(H,25,31)(H,26,28). The number of benzene rings is 2. The fourth-order valence-corrected chi connectivity index (χ4v) is 3.93. The summed E-state index contributed by atoms with van der Waals surface area (Å²) in [7, 11) is 1.61. The molecular weight excluding hydrogens is 417 g/mol. The Bertz CT molecular complexity index is 1130. The Morgan fingerprint density at radius 2 is 2.10 bits per heavy atom. The maximum Gasteiger partial charge on any atom is 0.253 e. The molecule has 2 aromatic carbocycles. The first-order chi connectivity index (χ1) is 15.0. The van der Waals surface area contributed by atoms with Crippen LogP contribution in [0.5, 0.6) is 5.75 Å². The van der Waals surface area contributed by atoms with Gasteiger partial charge in [0.1, 0.15) is 11.6 Å². The minimum Gasteiger partial charge on any atom is -0.497 e. The van der Waals surface area contributed by atoms with Gasteiger partial charge in [-0.1, -0.05) is 0 Å². The summed E-state index contributed by atoms with van der Waals surface area (Å²) >= 11 is 5.64. The van der Waals surface area contributed by atoms with Crippen molar-refractivity contribution in [3.8, 4) is 5.75 Å². The molecule has 2 N–H and O–H groups in total. The highest BCUT2D eigenvalue weighted by molar-refractivity contribution is 7.80. The number of ether oxygens (including phenoxy) is 2. The Morgan fingerprint density at radius 3 is 2.81 bits per heavy atom. The second-order valence-corrected chi connectivity index (χ2v) is 7.92. The summed E-state index contributed by atoms with van der Waals surface area (Å²) in [4.78, 5) is 17.6. The van der Waals surface area contributed by atoms with Crippen molar-refractivity contribution in [2.45, 2.75) is 25.5 Å². The highest BCUT2D eigenvalue weighted by atomic mass is 32.1. The summed E-state index contributed by atoms with van der Waals surface area (Å²) in [5, 5.41) is 4.47. The molecule has 162 valence electrons. The third kappa shape index (κ3) is 5.21. The van der Waals surface area contributed by atoms with Gasteiger partial charge in [0.2, 0.25) is 0 Å². The lowest BCUT2D eigenvalue weighted by Gasteiger charge is -2.28. The maximum absolute atomic E-state index is 13.2. The first-order valence-electron chi connectivity index (χ1n) is 10.1. The molecule has 0 radical (unpaired) electrons. The van der Waals surface area contributed by atoms with E-state index in [0.717, 1.165) is 36.1 Å². The molecule has 8 heteroatoms. The van der Waals surface area contributed by atoms with Crippen molar-refractivity contribution in [2.75, 3.05) is 25.6 Å². The van der Waals surface area contributed by atoms with Gasteiger partial charge in [-0.25, -0.2) is 4.39 Å². The van der Waals surface area contributed by atoms with E-state index in [4.69, 9.17) is 21.7 Å². The van der Waals surface area contributed by atoms with Gasteiger partial charge in [0.25, 0.3) is 5.56 Å². The van der Waals surface area contributed by atoms with Gasteiger partial charge < -0.3 is 24.7 Å². The molecule has 1 fully saturated rings. The molecule has 1 atom stereocenters. The largest absolute Gasteiger partial charge is 0.497 e. The van der Waals surface area contributed by atoms with Crippen LogP contribution in [-0.4, -0.2) is 41.4 Å². The molecule has 0 saturated carbocycles. The van der Waals surface area contributed by atoms with Crippen molar-refractivity contribution in [1.82, 2.24) is 9.88 Å². The van der Waals surface area contributed by atoms with Crippen molar-refractivity contribution < 1.29 is 13.9 Å². The normalized spacial score (nSPS) is 15.7. The highest BCUT2D eigenvalue weighted by Gasteiger charge is 2.22. The summed E-state index contributed by atoms with van der Waals surface area (Å²) in [6.07, 6.45) is 2.00. The summed E-state index contributed by atoms with van der Waals surface area (Å²) in [5.41, 5.74) is 1.84. The van der Waals surface area contributed by atoms with E-state index in [9.17, 15) is 9.18 Å². The van der Waals surface area contributed by atoms with E-state index in [1.165, 1.54) is 12.1 Å². The zero-order chi connectivity index (χ0) is 21.8. The average molecular weight is 442 g/mol. The van der Waals surface area contributed by atoms with Gasteiger partial charge in [0.05, 0.1) is 19.8 Å². The summed E-state index contributed by atoms with van der Waals surface area (Å²) in [5.74, 6) is 0.404. The molecule has 6 nitrogen and oxygen atoms in total. The van der Waals surface area contributed by atoms with Gasteiger partial charge in [0, 0.05) is 35.3 Å². The van der Waals surface area contributed by atoms with E-state index >= 15 is 0 Å². The van der Waals surface area contributed by atoms with Crippen LogP contribution in [0.4, 0.5) is 10.1 Å². The molecule has 1 aromatic heterocycles. The lowest BCUT2D eigenvalue weighted by Crippen LogP contribution is -2.40. The molecule has 0 spiro atoms. The number of hydrogen-bond acceptors (Lipinski definition) is 4. The number of aromatic amines is 1. The fraction of sp³-hybridized carbons (Fsp3) is 0.304. The minimum atomic E-state index is -0.314.